The Morgan fingerprint density at radius 1 is 1.20 bits per heavy atom. The average molecular weight is 343 g/mol. The topological polar surface area (TPSA) is 44.8 Å². The number of hydrogen-bond acceptors (Lipinski definition) is 3. The van der Waals surface area contributed by atoms with E-state index in [0.717, 1.165) is 50.2 Å². The van der Waals surface area contributed by atoms with Gasteiger partial charge in [-0.15, -0.1) is 0 Å². The van der Waals surface area contributed by atoms with Crippen LogP contribution in [0.2, 0.25) is 0 Å². The van der Waals surface area contributed by atoms with Crippen molar-refractivity contribution in [1.82, 2.24) is 15.1 Å². The highest BCUT2D eigenvalue weighted by Gasteiger charge is 2.39. The summed E-state index contributed by atoms with van der Waals surface area (Å²) >= 11 is 0. The third-order valence-corrected chi connectivity index (χ3v) is 6.07. The molecule has 1 saturated carbocycles. The average Bonchev–Trinajstić information content (AvgIpc) is 3.00. The summed E-state index contributed by atoms with van der Waals surface area (Å²) in [7, 11) is 2.15. The lowest BCUT2D eigenvalue weighted by molar-refractivity contribution is 0.118. The number of carbonyl (C=O) groups excluding carboxylic acids is 1. The van der Waals surface area contributed by atoms with Crippen LogP contribution in [-0.4, -0.2) is 54.7 Å². The molecule has 136 valence electrons. The summed E-state index contributed by atoms with van der Waals surface area (Å²) in [6.45, 7) is 3.57. The lowest BCUT2D eigenvalue weighted by Gasteiger charge is -2.36. The molecular weight excluding hydrogens is 314 g/mol. The van der Waals surface area contributed by atoms with Crippen molar-refractivity contribution in [2.24, 2.45) is 5.92 Å². The zero-order valence-electron chi connectivity index (χ0n) is 15.1. The standard InChI is InChI=1S/C20H29N3O2/c1-22-11-9-15-10-12-23(18(15)14-22)20(24)21-13-16-5-2-3-8-19(16)25-17-6-4-7-17/h2-3,5,8,15,17-18H,4,6-7,9-14H2,1H3,(H,21,24). The van der Waals surface area contributed by atoms with Crippen LogP contribution in [-0.2, 0) is 6.54 Å². The van der Waals surface area contributed by atoms with E-state index >= 15 is 0 Å². The molecule has 5 heteroatoms. The highest BCUT2D eigenvalue weighted by atomic mass is 16.5. The molecule has 2 atom stereocenters. The molecule has 1 aromatic rings. The molecule has 2 aliphatic heterocycles. The summed E-state index contributed by atoms with van der Waals surface area (Å²) in [5, 5.41) is 3.13. The van der Waals surface area contributed by atoms with Gasteiger partial charge in [-0.2, -0.15) is 0 Å². The van der Waals surface area contributed by atoms with Gasteiger partial charge in [-0.25, -0.2) is 4.79 Å². The fraction of sp³-hybridized carbons (Fsp3) is 0.650. The number of hydrogen-bond donors (Lipinski definition) is 1. The number of fused-ring (bicyclic) bond motifs is 1. The van der Waals surface area contributed by atoms with Crippen LogP contribution < -0.4 is 10.1 Å². The van der Waals surface area contributed by atoms with Crippen LogP contribution in [0.1, 0.15) is 37.7 Å². The molecule has 1 N–H and O–H groups in total. The van der Waals surface area contributed by atoms with Crippen molar-refractivity contribution in [2.45, 2.75) is 50.8 Å². The van der Waals surface area contributed by atoms with Gasteiger partial charge in [0.15, 0.2) is 0 Å². The molecule has 4 rings (SSSR count). The molecule has 2 heterocycles. The highest BCUT2D eigenvalue weighted by Crippen LogP contribution is 2.31. The smallest absolute Gasteiger partial charge is 0.317 e. The monoisotopic (exact) mass is 343 g/mol. The SMILES string of the molecule is CN1CCC2CCN(C(=O)NCc3ccccc3OC3CCC3)C2C1. The molecule has 3 aliphatic rings. The maximum atomic E-state index is 12.7. The van der Waals surface area contributed by atoms with Crippen LogP contribution in [0.5, 0.6) is 5.75 Å². The number of nitrogens with zero attached hydrogens (tertiary/aromatic N) is 2. The molecule has 0 aromatic heterocycles. The first-order valence-corrected chi connectivity index (χ1v) is 9.68. The van der Waals surface area contributed by atoms with E-state index in [4.69, 9.17) is 4.74 Å². The normalized spacial score (nSPS) is 26.8. The van der Waals surface area contributed by atoms with Gasteiger partial charge in [0.25, 0.3) is 0 Å². The largest absolute Gasteiger partial charge is 0.490 e. The molecule has 2 saturated heterocycles. The Bertz CT molecular complexity index is 617. The molecule has 0 spiro atoms. The van der Waals surface area contributed by atoms with Gasteiger partial charge in [0.05, 0.1) is 6.10 Å². The number of amides is 2. The summed E-state index contributed by atoms with van der Waals surface area (Å²) < 4.78 is 6.07. The molecule has 0 radical (unpaired) electrons. The minimum absolute atomic E-state index is 0.0706. The number of rotatable bonds is 4. The lowest BCUT2D eigenvalue weighted by Crippen LogP contribution is -2.51. The number of ether oxygens (including phenoxy) is 1. The first-order chi connectivity index (χ1) is 12.2. The molecule has 5 nitrogen and oxygen atoms in total. The zero-order chi connectivity index (χ0) is 17.2. The van der Waals surface area contributed by atoms with E-state index in [1.165, 1.54) is 12.8 Å². The lowest BCUT2D eigenvalue weighted by atomic mass is 9.92. The second-order valence-electron chi connectivity index (χ2n) is 7.80. The van der Waals surface area contributed by atoms with Crippen LogP contribution >= 0.6 is 0 Å². The number of urea groups is 1. The van der Waals surface area contributed by atoms with E-state index in [9.17, 15) is 4.79 Å². The predicted octanol–water partition coefficient (Wildman–Crippen LogP) is 2.85. The van der Waals surface area contributed by atoms with Crippen molar-refractivity contribution in [1.29, 1.82) is 0 Å². The van der Waals surface area contributed by atoms with Crippen molar-refractivity contribution in [3.8, 4) is 5.75 Å². The summed E-state index contributed by atoms with van der Waals surface area (Å²) in [4.78, 5) is 17.1. The van der Waals surface area contributed by atoms with Crippen LogP contribution in [0.15, 0.2) is 24.3 Å². The molecule has 3 fully saturated rings. The summed E-state index contributed by atoms with van der Waals surface area (Å²) in [5.74, 6) is 1.60. The van der Waals surface area contributed by atoms with Gasteiger partial charge in [-0.3, -0.25) is 0 Å². The quantitative estimate of drug-likeness (QED) is 0.914. The predicted molar refractivity (Wildman–Crippen MR) is 97.7 cm³/mol. The number of likely N-dealkylation sites (N-methyl/N-ethyl adjacent to an activating group) is 1. The first-order valence-electron chi connectivity index (χ1n) is 9.68. The Labute approximate surface area is 150 Å². The summed E-state index contributed by atoms with van der Waals surface area (Å²) in [5.41, 5.74) is 1.07. The van der Waals surface area contributed by atoms with Gasteiger partial charge < -0.3 is 19.9 Å². The fourth-order valence-electron chi connectivity index (χ4n) is 4.26. The van der Waals surface area contributed by atoms with Crippen molar-refractivity contribution in [3.63, 3.8) is 0 Å². The zero-order valence-corrected chi connectivity index (χ0v) is 15.1. The molecule has 2 unspecified atom stereocenters. The fourth-order valence-corrected chi connectivity index (χ4v) is 4.26. The van der Waals surface area contributed by atoms with Crippen molar-refractivity contribution >= 4 is 6.03 Å². The van der Waals surface area contributed by atoms with Crippen LogP contribution in [0.4, 0.5) is 4.79 Å². The number of piperidine rings is 1. The Balaban J connectivity index is 1.36. The molecule has 1 aromatic carbocycles. The van der Waals surface area contributed by atoms with E-state index in [1.807, 2.05) is 18.2 Å². The van der Waals surface area contributed by atoms with Gasteiger partial charge in [-0.1, -0.05) is 18.2 Å². The van der Waals surface area contributed by atoms with Gasteiger partial charge in [0.1, 0.15) is 5.75 Å². The minimum atomic E-state index is 0.0706. The van der Waals surface area contributed by atoms with Crippen molar-refractivity contribution in [2.75, 3.05) is 26.7 Å². The Morgan fingerprint density at radius 3 is 2.80 bits per heavy atom. The maximum absolute atomic E-state index is 12.7. The third-order valence-electron chi connectivity index (χ3n) is 6.07. The molecular formula is C20H29N3O2. The van der Waals surface area contributed by atoms with E-state index in [1.54, 1.807) is 0 Å². The van der Waals surface area contributed by atoms with Gasteiger partial charge in [0, 0.05) is 31.2 Å². The van der Waals surface area contributed by atoms with Crippen LogP contribution in [0.3, 0.4) is 0 Å². The van der Waals surface area contributed by atoms with Crippen LogP contribution in [0, 0.1) is 5.92 Å². The number of carbonyl (C=O) groups is 1. The van der Waals surface area contributed by atoms with Gasteiger partial charge >= 0.3 is 6.03 Å². The molecule has 25 heavy (non-hydrogen) atoms. The van der Waals surface area contributed by atoms with Crippen molar-refractivity contribution < 1.29 is 9.53 Å². The van der Waals surface area contributed by atoms with E-state index in [2.05, 4.69) is 28.2 Å². The maximum Gasteiger partial charge on any atom is 0.317 e. The molecule has 1 aliphatic carbocycles. The van der Waals surface area contributed by atoms with Gasteiger partial charge in [0.2, 0.25) is 0 Å². The summed E-state index contributed by atoms with van der Waals surface area (Å²) in [6.07, 6.45) is 6.26. The first kappa shape index (κ1) is 16.7. The molecule has 2 amide bonds. The van der Waals surface area contributed by atoms with Gasteiger partial charge in [-0.05, 0) is 57.7 Å². The number of benzene rings is 1. The highest BCUT2D eigenvalue weighted by molar-refractivity contribution is 5.75. The number of para-hydroxylation sites is 1. The number of nitrogens with one attached hydrogen (secondary N) is 1. The van der Waals surface area contributed by atoms with Crippen LogP contribution in [0.25, 0.3) is 0 Å². The minimum Gasteiger partial charge on any atom is -0.490 e. The third kappa shape index (κ3) is 3.61. The Morgan fingerprint density at radius 2 is 2.00 bits per heavy atom. The van der Waals surface area contributed by atoms with Crippen molar-refractivity contribution in [3.05, 3.63) is 29.8 Å². The number of likely N-dealkylation sites (tertiary alicyclic amines) is 2. The van der Waals surface area contributed by atoms with E-state index < -0.39 is 0 Å². The van der Waals surface area contributed by atoms with E-state index in [0.29, 0.717) is 24.6 Å². The second kappa shape index (κ2) is 7.24. The Kier molecular flexibility index (Phi) is 4.84. The summed E-state index contributed by atoms with van der Waals surface area (Å²) in [6, 6.07) is 8.53. The molecule has 0 bridgehead atoms. The Hall–Kier alpha value is -1.75. The van der Waals surface area contributed by atoms with E-state index in [-0.39, 0.29) is 6.03 Å². The second-order valence-corrected chi connectivity index (χ2v) is 7.80.